The molecular weight excluding hydrogens is 367 g/mol. The first-order valence-corrected chi connectivity index (χ1v) is 9.73. The van der Waals surface area contributed by atoms with E-state index in [0.717, 1.165) is 16.1 Å². The summed E-state index contributed by atoms with van der Waals surface area (Å²) in [5.74, 6) is -0.677. The molecule has 0 aliphatic carbocycles. The Balaban J connectivity index is 1.93. The molecule has 1 amide bonds. The maximum absolute atomic E-state index is 13.0. The van der Waals surface area contributed by atoms with Crippen LogP contribution in [-0.2, 0) is 21.2 Å². The van der Waals surface area contributed by atoms with Gasteiger partial charge < -0.3 is 5.32 Å². The molecule has 0 saturated heterocycles. The highest BCUT2D eigenvalue weighted by atomic mass is 35.5. The van der Waals surface area contributed by atoms with Gasteiger partial charge in [-0.05, 0) is 42.0 Å². The Kier molecular flexibility index (Phi) is 6.39. The van der Waals surface area contributed by atoms with Crippen molar-refractivity contribution in [1.29, 1.82) is 0 Å². The van der Waals surface area contributed by atoms with Crippen LogP contribution in [0.4, 0.5) is 10.1 Å². The number of nitrogens with zero attached hydrogens (tertiary/aromatic N) is 1. The first-order chi connectivity index (χ1) is 11.8. The summed E-state index contributed by atoms with van der Waals surface area (Å²) in [6, 6.07) is 12.0. The molecule has 0 atom stereocenters. The van der Waals surface area contributed by atoms with Gasteiger partial charge in [0.25, 0.3) is 0 Å². The number of carbonyl (C=O) groups is 1. The Labute approximate surface area is 151 Å². The molecule has 0 unspecified atom stereocenters. The van der Waals surface area contributed by atoms with Crippen molar-refractivity contribution in [2.45, 2.75) is 6.42 Å². The average molecular weight is 385 g/mol. The van der Waals surface area contributed by atoms with Crippen LogP contribution in [0.3, 0.4) is 0 Å². The van der Waals surface area contributed by atoms with E-state index in [0.29, 0.717) is 10.7 Å². The lowest BCUT2D eigenvalue weighted by Crippen LogP contribution is -2.38. The molecule has 0 heterocycles. The van der Waals surface area contributed by atoms with Crippen molar-refractivity contribution in [2.24, 2.45) is 0 Å². The molecule has 2 rings (SSSR count). The van der Waals surface area contributed by atoms with Gasteiger partial charge in [-0.25, -0.2) is 12.8 Å². The fourth-order valence-electron chi connectivity index (χ4n) is 2.24. The first-order valence-electron chi connectivity index (χ1n) is 7.50. The molecule has 0 spiro atoms. The minimum Gasteiger partial charge on any atom is -0.354 e. The van der Waals surface area contributed by atoms with Gasteiger partial charge in [0.1, 0.15) is 5.82 Å². The summed E-state index contributed by atoms with van der Waals surface area (Å²) in [7, 11) is -3.55. The summed E-state index contributed by atoms with van der Waals surface area (Å²) in [6.45, 7) is 0.188. The zero-order valence-electron chi connectivity index (χ0n) is 13.6. The van der Waals surface area contributed by atoms with Crippen molar-refractivity contribution < 1.29 is 17.6 Å². The third-order valence-electron chi connectivity index (χ3n) is 3.43. The van der Waals surface area contributed by atoms with Gasteiger partial charge in [-0.1, -0.05) is 23.7 Å². The van der Waals surface area contributed by atoms with E-state index in [2.05, 4.69) is 5.32 Å². The van der Waals surface area contributed by atoms with Gasteiger partial charge in [-0.3, -0.25) is 9.10 Å². The van der Waals surface area contributed by atoms with Gasteiger partial charge in [0.15, 0.2) is 0 Å². The average Bonchev–Trinajstić information content (AvgIpc) is 2.54. The minimum atomic E-state index is -3.55. The van der Waals surface area contributed by atoms with Gasteiger partial charge in [0.05, 0.1) is 24.9 Å². The summed E-state index contributed by atoms with van der Waals surface area (Å²) >= 11 is 5.79. The SMILES string of the molecule is CS(=O)(=O)N(CCNC(=O)Cc1ccc(Cl)cc1)c1ccc(F)cc1. The Hall–Kier alpha value is -2.12. The molecule has 5 nitrogen and oxygen atoms in total. The Morgan fingerprint density at radius 3 is 2.28 bits per heavy atom. The monoisotopic (exact) mass is 384 g/mol. The molecule has 0 aliphatic heterocycles. The van der Waals surface area contributed by atoms with E-state index >= 15 is 0 Å². The maximum Gasteiger partial charge on any atom is 0.232 e. The van der Waals surface area contributed by atoms with Crippen LogP contribution in [0.1, 0.15) is 5.56 Å². The maximum atomic E-state index is 13.0. The lowest BCUT2D eigenvalue weighted by molar-refractivity contribution is -0.120. The van der Waals surface area contributed by atoms with Gasteiger partial charge in [0, 0.05) is 11.6 Å². The normalized spacial score (nSPS) is 11.2. The van der Waals surface area contributed by atoms with E-state index in [4.69, 9.17) is 11.6 Å². The molecule has 0 aromatic heterocycles. The molecule has 0 saturated carbocycles. The lowest BCUT2D eigenvalue weighted by atomic mass is 10.1. The topological polar surface area (TPSA) is 66.5 Å². The first kappa shape index (κ1) is 19.2. The zero-order valence-corrected chi connectivity index (χ0v) is 15.1. The van der Waals surface area contributed by atoms with Crippen molar-refractivity contribution in [3.8, 4) is 0 Å². The van der Waals surface area contributed by atoms with Crippen LogP contribution in [0.5, 0.6) is 0 Å². The summed E-state index contributed by atoms with van der Waals surface area (Å²) < 4.78 is 38.0. The highest BCUT2D eigenvalue weighted by Gasteiger charge is 2.17. The fraction of sp³-hybridized carbons (Fsp3) is 0.235. The number of anilines is 1. The van der Waals surface area contributed by atoms with Crippen molar-refractivity contribution in [3.05, 3.63) is 64.9 Å². The molecule has 8 heteroatoms. The minimum absolute atomic E-state index is 0.0524. The quantitative estimate of drug-likeness (QED) is 0.798. The van der Waals surface area contributed by atoms with E-state index in [1.54, 1.807) is 24.3 Å². The molecular formula is C17H18ClFN2O3S. The van der Waals surface area contributed by atoms with E-state index < -0.39 is 15.8 Å². The molecule has 25 heavy (non-hydrogen) atoms. The predicted octanol–water partition coefficient (Wildman–Crippen LogP) is 2.60. The van der Waals surface area contributed by atoms with Gasteiger partial charge in [-0.15, -0.1) is 0 Å². The number of hydrogen-bond donors (Lipinski definition) is 1. The zero-order chi connectivity index (χ0) is 18.4. The number of benzene rings is 2. The smallest absolute Gasteiger partial charge is 0.232 e. The number of carbonyl (C=O) groups excluding carboxylic acids is 1. The predicted molar refractivity (Wildman–Crippen MR) is 96.8 cm³/mol. The lowest BCUT2D eigenvalue weighted by Gasteiger charge is -2.22. The van der Waals surface area contributed by atoms with Crippen molar-refractivity contribution in [1.82, 2.24) is 5.32 Å². The fourth-order valence-corrected chi connectivity index (χ4v) is 3.29. The number of amides is 1. The van der Waals surface area contributed by atoms with Gasteiger partial charge in [0.2, 0.25) is 15.9 Å². The summed E-state index contributed by atoms with van der Waals surface area (Å²) in [4.78, 5) is 11.9. The van der Waals surface area contributed by atoms with Crippen molar-refractivity contribution in [3.63, 3.8) is 0 Å². The van der Waals surface area contributed by atoms with Gasteiger partial charge >= 0.3 is 0 Å². The number of halogens is 2. The van der Waals surface area contributed by atoms with Gasteiger partial charge in [-0.2, -0.15) is 0 Å². The standard InChI is InChI=1S/C17H18ClFN2O3S/c1-25(23,24)21(16-8-6-15(19)7-9-16)11-10-20-17(22)12-13-2-4-14(18)5-3-13/h2-9H,10-12H2,1H3,(H,20,22). The second kappa shape index (κ2) is 8.31. The second-order valence-electron chi connectivity index (χ2n) is 5.46. The summed E-state index contributed by atoms with van der Waals surface area (Å²) in [6.07, 6.45) is 1.23. The number of hydrogen-bond acceptors (Lipinski definition) is 3. The molecule has 0 fully saturated rings. The Morgan fingerprint density at radius 1 is 1.12 bits per heavy atom. The number of rotatable bonds is 7. The van der Waals surface area contributed by atoms with Crippen molar-refractivity contribution in [2.75, 3.05) is 23.7 Å². The van der Waals surface area contributed by atoms with Crippen LogP contribution in [0.15, 0.2) is 48.5 Å². The Morgan fingerprint density at radius 2 is 1.72 bits per heavy atom. The van der Waals surface area contributed by atoms with E-state index in [1.165, 1.54) is 24.3 Å². The van der Waals surface area contributed by atoms with E-state index in [1.807, 2.05) is 0 Å². The second-order valence-corrected chi connectivity index (χ2v) is 7.81. The highest BCUT2D eigenvalue weighted by molar-refractivity contribution is 7.92. The summed E-state index contributed by atoms with van der Waals surface area (Å²) in [5, 5.41) is 3.27. The van der Waals surface area contributed by atoms with E-state index in [9.17, 15) is 17.6 Å². The Bertz CT molecular complexity index is 824. The largest absolute Gasteiger partial charge is 0.354 e. The van der Waals surface area contributed by atoms with Crippen LogP contribution < -0.4 is 9.62 Å². The number of nitrogens with one attached hydrogen (secondary N) is 1. The third kappa shape index (κ3) is 6.03. The van der Waals surface area contributed by atoms with Crippen LogP contribution in [0.25, 0.3) is 0 Å². The third-order valence-corrected chi connectivity index (χ3v) is 4.88. The van der Waals surface area contributed by atoms with Crippen LogP contribution >= 0.6 is 11.6 Å². The summed E-state index contributed by atoms with van der Waals surface area (Å²) in [5.41, 5.74) is 1.15. The van der Waals surface area contributed by atoms with E-state index in [-0.39, 0.29) is 25.4 Å². The molecule has 134 valence electrons. The number of sulfonamides is 1. The van der Waals surface area contributed by atoms with Crippen molar-refractivity contribution >= 4 is 33.2 Å². The molecule has 2 aromatic carbocycles. The molecule has 0 aliphatic rings. The molecule has 0 bridgehead atoms. The molecule has 1 N–H and O–H groups in total. The molecule has 2 aromatic rings. The molecule has 0 radical (unpaired) electrons. The van der Waals surface area contributed by atoms with Crippen LogP contribution in [-0.4, -0.2) is 33.7 Å². The van der Waals surface area contributed by atoms with Crippen LogP contribution in [0.2, 0.25) is 5.02 Å². The van der Waals surface area contributed by atoms with Crippen LogP contribution in [0, 0.1) is 5.82 Å². The highest BCUT2D eigenvalue weighted by Crippen LogP contribution is 2.17.